The van der Waals surface area contributed by atoms with E-state index in [0.717, 1.165) is 16.9 Å². The van der Waals surface area contributed by atoms with Crippen LogP contribution in [0.25, 0.3) is 0 Å². The van der Waals surface area contributed by atoms with Crippen molar-refractivity contribution in [1.29, 1.82) is 0 Å². The molecule has 0 saturated heterocycles. The fraction of sp³-hybridized carbons (Fsp3) is 0.400. The molecular formula is C20H27N3O4S2. The summed E-state index contributed by atoms with van der Waals surface area (Å²) in [5.41, 5.74) is 2.43. The van der Waals surface area contributed by atoms with Gasteiger partial charge in [0.1, 0.15) is 11.8 Å². The van der Waals surface area contributed by atoms with Gasteiger partial charge in [0.2, 0.25) is 15.9 Å². The van der Waals surface area contributed by atoms with Crippen LogP contribution in [0.15, 0.2) is 41.4 Å². The van der Waals surface area contributed by atoms with Crippen molar-refractivity contribution in [2.24, 2.45) is 0 Å². The maximum absolute atomic E-state index is 12.8. The van der Waals surface area contributed by atoms with Crippen molar-refractivity contribution >= 4 is 27.7 Å². The van der Waals surface area contributed by atoms with E-state index in [2.05, 4.69) is 15.0 Å². The summed E-state index contributed by atoms with van der Waals surface area (Å²) in [4.78, 5) is 17.2. The Morgan fingerprint density at radius 3 is 2.55 bits per heavy atom. The lowest BCUT2D eigenvalue weighted by Crippen LogP contribution is -2.46. The first kappa shape index (κ1) is 23.2. The zero-order valence-corrected chi connectivity index (χ0v) is 18.7. The maximum atomic E-state index is 12.8. The number of nitrogens with zero attached hydrogens (tertiary/aromatic N) is 1. The van der Waals surface area contributed by atoms with E-state index in [9.17, 15) is 13.2 Å². The zero-order chi connectivity index (χ0) is 21.4. The van der Waals surface area contributed by atoms with Crippen LogP contribution in [0.2, 0.25) is 0 Å². The number of hydrogen-bond acceptors (Lipinski definition) is 6. The van der Waals surface area contributed by atoms with E-state index >= 15 is 0 Å². The number of carbonyl (C=O) groups excluding carboxylic acids is 1. The number of rotatable bonds is 10. The molecule has 1 amide bonds. The summed E-state index contributed by atoms with van der Waals surface area (Å²) < 4.78 is 33.2. The second-order valence-corrected chi connectivity index (χ2v) is 9.23. The molecule has 0 bridgehead atoms. The molecule has 7 nitrogen and oxygen atoms in total. The molecule has 0 fully saturated rings. The van der Waals surface area contributed by atoms with Gasteiger partial charge < -0.3 is 10.1 Å². The van der Waals surface area contributed by atoms with E-state index in [1.165, 1.54) is 12.1 Å². The van der Waals surface area contributed by atoms with Gasteiger partial charge >= 0.3 is 0 Å². The first-order chi connectivity index (χ1) is 13.8. The van der Waals surface area contributed by atoms with Crippen LogP contribution in [-0.4, -0.2) is 44.5 Å². The molecule has 0 aliphatic rings. The van der Waals surface area contributed by atoms with E-state index in [1.54, 1.807) is 43.3 Å². The van der Waals surface area contributed by atoms with Crippen molar-refractivity contribution in [2.75, 3.05) is 19.1 Å². The number of amides is 1. The molecule has 1 atom stereocenters. The van der Waals surface area contributed by atoms with E-state index in [0.29, 0.717) is 17.9 Å². The van der Waals surface area contributed by atoms with Gasteiger partial charge in [-0.05, 0) is 44.4 Å². The molecule has 1 aromatic heterocycles. The average Bonchev–Trinajstić information content (AvgIpc) is 2.71. The van der Waals surface area contributed by atoms with Crippen LogP contribution in [-0.2, 0) is 21.4 Å². The zero-order valence-electron chi connectivity index (χ0n) is 17.1. The minimum absolute atomic E-state index is 0.128. The predicted octanol–water partition coefficient (Wildman–Crippen LogP) is 2.42. The average molecular weight is 438 g/mol. The number of nitrogens with one attached hydrogen (secondary N) is 2. The van der Waals surface area contributed by atoms with Gasteiger partial charge in [-0.15, -0.1) is 0 Å². The molecule has 2 aromatic rings. The summed E-state index contributed by atoms with van der Waals surface area (Å²) in [6.07, 6.45) is 3.98. The lowest BCUT2D eigenvalue weighted by molar-refractivity contribution is -0.122. The summed E-state index contributed by atoms with van der Waals surface area (Å²) in [5.74, 6) is 0.984. The van der Waals surface area contributed by atoms with Crippen LogP contribution in [0.5, 0.6) is 5.75 Å². The SMILES string of the molecule is COc1c(C)cnc(CNC(=O)C(CCSC)NS(=O)(=O)c2ccccc2)c1C. The number of aromatic nitrogens is 1. The predicted molar refractivity (Wildman–Crippen MR) is 116 cm³/mol. The molecule has 0 aliphatic carbocycles. The van der Waals surface area contributed by atoms with Gasteiger partial charge in [-0.1, -0.05) is 18.2 Å². The number of ether oxygens (including phenoxy) is 1. The Bertz CT molecular complexity index is 934. The third-order valence-electron chi connectivity index (χ3n) is 4.46. The molecule has 1 unspecified atom stereocenters. The molecule has 0 saturated carbocycles. The first-order valence-electron chi connectivity index (χ1n) is 9.13. The minimum Gasteiger partial charge on any atom is -0.496 e. The molecule has 29 heavy (non-hydrogen) atoms. The minimum atomic E-state index is -3.80. The highest BCUT2D eigenvalue weighted by Crippen LogP contribution is 2.23. The van der Waals surface area contributed by atoms with Crippen molar-refractivity contribution in [3.63, 3.8) is 0 Å². The Morgan fingerprint density at radius 1 is 1.24 bits per heavy atom. The number of aryl methyl sites for hydroxylation is 1. The van der Waals surface area contributed by atoms with Gasteiger partial charge in [-0.2, -0.15) is 16.5 Å². The molecule has 2 rings (SSSR count). The monoisotopic (exact) mass is 437 g/mol. The Balaban J connectivity index is 2.13. The van der Waals surface area contributed by atoms with Crippen LogP contribution in [0, 0.1) is 13.8 Å². The second-order valence-electron chi connectivity index (χ2n) is 6.53. The maximum Gasteiger partial charge on any atom is 0.241 e. The highest BCUT2D eigenvalue weighted by Gasteiger charge is 2.25. The number of thioether (sulfide) groups is 1. The Kier molecular flexibility index (Phi) is 8.48. The smallest absolute Gasteiger partial charge is 0.241 e. The van der Waals surface area contributed by atoms with Gasteiger partial charge in [-0.3, -0.25) is 9.78 Å². The highest BCUT2D eigenvalue weighted by atomic mass is 32.2. The Labute approximate surface area is 176 Å². The van der Waals surface area contributed by atoms with E-state index < -0.39 is 16.1 Å². The largest absolute Gasteiger partial charge is 0.496 e. The van der Waals surface area contributed by atoms with Crippen molar-refractivity contribution in [1.82, 2.24) is 15.0 Å². The fourth-order valence-electron chi connectivity index (χ4n) is 2.88. The Hall–Kier alpha value is -2.10. The molecule has 1 aromatic carbocycles. The molecule has 158 valence electrons. The van der Waals surface area contributed by atoms with Gasteiger partial charge in [0.15, 0.2) is 0 Å². The van der Waals surface area contributed by atoms with Gasteiger partial charge in [-0.25, -0.2) is 8.42 Å². The molecule has 0 radical (unpaired) electrons. The third kappa shape index (κ3) is 6.19. The van der Waals surface area contributed by atoms with E-state index in [1.807, 2.05) is 20.1 Å². The number of methoxy groups -OCH3 is 1. The summed E-state index contributed by atoms with van der Waals surface area (Å²) in [6.45, 7) is 3.96. The molecule has 1 heterocycles. The molecule has 0 aliphatic heterocycles. The van der Waals surface area contributed by atoms with Crippen LogP contribution >= 0.6 is 11.8 Å². The van der Waals surface area contributed by atoms with Gasteiger partial charge in [0, 0.05) is 17.3 Å². The van der Waals surface area contributed by atoms with Gasteiger partial charge in [0.05, 0.1) is 24.2 Å². The summed E-state index contributed by atoms with van der Waals surface area (Å²) >= 11 is 1.55. The molecular weight excluding hydrogens is 410 g/mol. The van der Waals surface area contributed by atoms with Crippen LogP contribution in [0.1, 0.15) is 23.2 Å². The number of pyridine rings is 1. The standard InChI is InChI=1S/C20H27N3O4S2/c1-14-12-21-18(15(2)19(14)27-3)13-22-20(24)17(10-11-28-4)23-29(25,26)16-8-6-5-7-9-16/h5-9,12,17,23H,10-11,13H2,1-4H3,(H,22,24). The lowest BCUT2D eigenvalue weighted by atomic mass is 10.1. The molecule has 2 N–H and O–H groups in total. The van der Waals surface area contributed by atoms with E-state index in [4.69, 9.17) is 4.74 Å². The highest BCUT2D eigenvalue weighted by molar-refractivity contribution is 7.98. The molecule has 0 spiro atoms. The number of carbonyl (C=O) groups is 1. The van der Waals surface area contributed by atoms with Crippen LogP contribution < -0.4 is 14.8 Å². The first-order valence-corrected chi connectivity index (χ1v) is 12.0. The van der Waals surface area contributed by atoms with Gasteiger partial charge in [0.25, 0.3) is 0 Å². The lowest BCUT2D eigenvalue weighted by Gasteiger charge is -2.19. The molecule has 9 heteroatoms. The quantitative estimate of drug-likeness (QED) is 0.592. The summed E-state index contributed by atoms with van der Waals surface area (Å²) in [5, 5.41) is 2.80. The number of hydrogen-bond donors (Lipinski definition) is 2. The van der Waals surface area contributed by atoms with Crippen molar-refractivity contribution in [3.8, 4) is 5.75 Å². The third-order valence-corrected chi connectivity index (χ3v) is 6.59. The number of benzene rings is 1. The summed E-state index contributed by atoms with van der Waals surface area (Å²) in [7, 11) is -2.21. The van der Waals surface area contributed by atoms with E-state index in [-0.39, 0.29) is 17.3 Å². The fourth-order valence-corrected chi connectivity index (χ4v) is 4.60. The topological polar surface area (TPSA) is 97.4 Å². The van der Waals surface area contributed by atoms with Crippen molar-refractivity contribution in [3.05, 3.63) is 53.3 Å². The normalized spacial score (nSPS) is 12.4. The second kappa shape index (κ2) is 10.6. The van der Waals surface area contributed by atoms with Crippen LogP contribution in [0.3, 0.4) is 0 Å². The number of sulfonamides is 1. The van der Waals surface area contributed by atoms with Crippen molar-refractivity contribution < 1.29 is 17.9 Å². The van der Waals surface area contributed by atoms with Crippen molar-refractivity contribution in [2.45, 2.75) is 37.8 Å². The van der Waals surface area contributed by atoms with Crippen LogP contribution in [0.4, 0.5) is 0 Å². The summed E-state index contributed by atoms with van der Waals surface area (Å²) in [6, 6.07) is 7.15. The Morgan fingerprint density at radius 2 is 1.93 bits per heavy atom.